The minimum Gasteiger partial charge on any atom is -0.381 e. The highest BCUT2D eigenvalue weighted by molar-refractivity contribution is 5.75. The van der Waals surface area contributed by atoms with E-state index in [1.165, 1.54) is 6.42 Å². The summed E-state index contributed by atoms with van der Waals surface area (Å²) in [4.78, 5) is 25.4. The lowest BCUT2D eigenvalue weighted by atomic mass is 10.0. The topological polar surface area (TPSA) is 58.6 Å². The largest absolute Gasteiger partial charge is 0.381 e. The molecule has 2 aliphatic rings. The lowest BCUT2D eigenvalue weighted by Crippen LogP contribution is -2.39. The van der Waals surface area contributed by atoms with Gasteiger partial charge >= 0.3 is 0 Å². The Hall–Kier alpha value is -1.53. The fourth-order valence-corrected chi connectivity index (χ4v) is 3.97. The fourth-order valence-electron chi connectivity index (χ4n) is 3.97. The normalized spacial score (nSPS) is 22.3. The van der Waals surface area contributed by atoms with Crippen molar-refractivity contribution in [3.8, 4) is 0 Å². The van der Waals surface area contributed by atoms with E-state index in [4.69, 9.17) is 9.72 Å². The summed E-state index contributed by atoms with van der Waals surface area (Å²) in [5.41, 5.74) is 2.11. The highest BCUT2D eigenvalue weighted by atomic mass is 16.5. The number of hydrogen-bond acceptors (Lipinski definition) is 5. The van der Waals surface area contributed by atoms with Gasteiger partial charge in [0.05, 0.1) is 11.7 Å². The molecule has 2 aliphatic heterocycles. The molecule has 0 aliphatic carbocycles. The zero-order valence-corrected chi connectivity index (χ0v) is 15.7. The van der Waals surface area contributed by atoms with Gasteiger partial charge in [0.15, 0.2) is 0 Å². The molecule has 0 aromatic carbocycles. The number of rotatable bonds is 5. The van der Waals surface area contributed by atoms with Gasteiger partial charge in [0.25, 0.3) is 0 Å². The first-order chi connectivity index (χ1) is 12.0. The van der Waals surface area contributed by atoms with Crippen LogP contribution in [0.5, 0.6) is 0 Å². The highest BCUT2D eigenvalue weighted by Gasteiger charge is 2.33. The molecule has 2 saturated heterocycles. The van der Waals surface area contributed by atoms with Gasteiger partial charge in [-0.1, -0.05) is 0 Å². The molecule has 3 heterocycles. The molecule has 6 nitrogen and oxygen atoms in total. The first-order valence-corrected chi connectivity index (χ1v) is 9.42. The van der Waals surface area contributed by atoms with Gasteiger partial charge in [0.2, 0.25) is 5.91 Å². The Morgan fingerprint density at radius 3 is 2.76 bits per heavy atom. The first-order valence-electron chi connectivity index (χ1n) is 9.42. The number of carbonyl (C=O) groups is 1. The van der Waals surface area contributed by atoms with Crippen LogP contribution in [0.15, 0.2) is 6.07 Å². The summed E-state index contributed by atoms with van der Waals surface area (Å²) in [6, 6.07) is 3.11. The van der Waals surface area contributed by atoms with E-state index >= 15 is 0 Å². The predicted molar refractivity (Wildman–Crippen MR) is 96.3 cm³/mol. The van der Waals surface area contributed by atoms with Crippen LogP contribution in [0.25, 0.3) is 0 Å². The average Bonchev–Trinajstić information content (AvgIpc) is 3.09. The minimum absolute atomic E-state index is 0.141. The Labute approximate surface area is 150 Å². The van der Waals surface area contributed by atoms with Crippen molar-refractivity contribution in [1.82, 2.24) is 19.8 Å². The third-order valence-electron chi connectivity index (χ3n) is 5.30. The summed E-state index contributed by atoms with van der Waals surface area (Å²) in [5.74, 6) is 0.950. The van der Waals surface area contributed by atoms with E-state index in [1.807, 2.05) is 6.92 Å². The zero-order valence-electron chi connectivity index (χ0n) is 15.7. The van der Waals surface area contributed by atoms with Crippen molar-refractivity contribution < 1.29 is 9.53 Å². The molecular weight excluding hydrogens is 316 g/mol. The molecule has 0 radical (unpaired) electrons. The molecule has 0 saturated carbocycles. The molecule has 1 amide bonds. The van der Waals surface area contributed by atoms with Gasteiger partial charge in [-0.05, 0) is 51.6 Å². The van der Waals surface area contributed by atoms with Crippen LogP contribution >= 0.6 is 0 Å². The van der Waals surface area contributed by atoms with Gasteiger partial charge in [-0.2, -0.15) is 0 Å². The Balaban J connectivity index is 1.73. The van der Waals surface area contributed by atoms with Gasteiger partial charge in [0, 0.05) is 45.5 Å². The number of ether oxygens (including phenoxy) is 1. The Morgan fingerprint density at radius 2 is 2.04 bits per heavy atom. The first kappa shape index (κ1) is 18.3. The van der Waals surface area contributed by atoms with Crippen molar-refractivity contribution in [1.29, 1.82) is 0 Å². The minimum atomic E-state index is 0.141. The zero-order chi connectivity index (χ0) is 17.8. The summed E-state index contributed by atoms with van der Waals surface area (Å²) < 4.78 is 5.52. The van der Waals surface area contributed by atoms with E-state index in [1.54, 1.807) is 19.0 Å². The number of likely N-dealkylation sites (tertiary alicyclic amines) is 1. The predicted octanol–water partition coefficient (Wildman–Crippen LogP) is 2.12. The van der Waals surface area contributed by atoms with E-state index in [0.717, 1.165) is 56.2 Å². The lowest BCUT2D eigenvalue weighted by molar-refractivity contribution is -0.128. The quantitative estimate of drug-likeness (QED) is 0.817. The third kappa shape index (κ3) is 4.55. The van der Waals surface area contributed by atoms with Gasteiger partial charge < -0.3 is 9.64 Å². The van der Waals surface area contributed by atoms with Crippen LogP contribution in [0.4, 0.5) is 0 Å². The van der Waals surface area contributed by atoms with Gasteiger partial charge in [-0.25, -0.2) is 9.97 Å². The summed E-state index contributed by atoms with van der Waals surface area (Å²) >= 11 is 0. The van der Waals surface area contributed by atoms with Crippen molar-refractivity contribution >= 4 is 5.91 Å². The van der Waals surface area contributed by atoms with Gasteiger partial charge in [0.1, 0.15) is 5.82 Å². The monoisotopic (exact) mass is 346 g/mol. The molecule has 0 bridgehead atoms. The van der Waals surface area contributed by atoms with Crippen molar-refractivity contribution in [2.24, 2.45) is 0 Å². The van der Waals surface area contributed by atoms with Crippen LogP contribution < -0.4 is 0 Å². The molecular formula is C19H30N4O2. The Kier molecular flexibility index (Phi) is 6.02. The SMILES string of the molecule is Cc1nc(CCC(=O)N(C)C)cc([C@@H]2CCCN2C2CCOCC2)n1. The highest BCUT2D eigenvalue weighted by Crippen LogP contribution is 2.35. The third-order valence-corrected chi connectivity index (χ3v) is 5.30. The van der Waals surface area contributed by atoms with E-state index in [9.17, 15) is 4.79 Å². The summed E-state index contributed by atoms with van der Waals surface area (Å²) in [6.07, 6.45) is 5.79. The molecule has 1 aromatic rings. The second-order valence-electron chi connectivity index (χ2n) is 7.36. The van der Waals surface area contributed by atoms with Crippen molar-refractivity contribution in [3.05, 3.63) is 23.3 Å². The van der Waals surface area contributed by atoms with Crippen molar-refractivity contribution in [2.45, 2.75) is 57.5 Å². The smallest absolute Gasteiger partial charge is 0.222 e. The number of nitrogens with zero attached hydrogens (tertiary/aromatic N) is 4. The van der Waals surface area contributed by atoms with Crippen LogP contribution in [0.2, 0.25) is 0 Å². The van der Waals surface area contributed by atoms with E-state index in [-0.39, 0.29) is 5.91 Å². The van der Waals surface area contributed by atoms with E-state index < -0.39 is 0 Å². The number of amides is 1. The molecule has 138 valence electrons. The maximum Gasteiger partial charge on any atom is 0.222 e. The van der Waals surface area contributed by atoms with Crippen LogP contribution in [-0.4, -0.2) is 65.6 Å². The number of aromatic nitrogens is 2. The molecule has 3 rings (SSSR count). The fraction of sp³-hybridized carbons (Fsp3) is 0.737. The second-order valence-corrected chi connectivity index (χ2v) is 7.36. The Morgan fingerprint density at radius 1 is 1.28 bits per heavy atom. The molecule has 1 atom stereocenters. The van der Waals surface area contributed by atoms with Crippen LogP contribution in [0.3, 0.4) is 0 Å². The van der Waals surface area contributed by atoms with Gasteiger partial charge in [-0.3, -0.25) is 9.69 Å². The summed E-state index contributed by atoms with van der Waals surface area (Å²) in [6.45, 7) is 4.84. The standard InChI is InChI=1S/C19H30N4O2/c1-14-20-15(6-7-19(24)22(2)3)13-17(21-14)18-5-4-10-23(18)16-8-11-25-12-9-16/h13,16,18H,4-12H2,1-3H3/t18-/m0/s1. The van der Waals surface area contributed by atoms with Crippen LogP contribution in [0.1, 0.15) is 55.4 Å². The van der Waals surface area contributed by atoms with E-state index in [0.29, 0.717) is 24.9 Å². The number of hydrogen-bond donors (Lipinski definition) is 0. The van der Waals surface area contributed by atoms with E-state index in [2.05, 4.69) is 16.0 Å². The summed E-state index contributed by atoms with van der Waals surface area (Å²) in [7, 11) is 3.59. The van der Waals surface area contributed by atoms with Crippen molar-refractivity contribution in [2.75, 3.05) is 33.9 Å². The molecule has 0 unspecified atom stereocenters. The van der Waals surface area contributed by atoms with Crippen molar-refractivity contribution in [3.63, 3.8) is 0 Å². The Bertz CT molecular complexity index is 599. The molecule has 0 spiro atoms. The maximum atomic E-state index is 11.9. The van der Waals surface area contributed by atoms with Gasteiger partial charge in [-0.15, -0.1) is 0 Å². The second kappa shape index (κ2) is 8.23. The van der Waals surface area contributed by atoms with Crippen LogP contribution in [0, 0.1) is 6.92 Å². The number of aryl methyl sites for hydroxylation is 2. The molecule has 2 fully saturated rings. The lowest BCUT2D eigenvalue weighted by Gasteiger charge is -2.35. The molecule has 25 heavy (non-hydrogen) atoms. The maximum absolute atomic E-state index is 11.9. The number of carbonyl (C=O) groups excluding carboxylic acids is 1. The van der Waals surface area contributed by atoms with Crippen LogP contribution in [-0.2, 0) is 16.0 Å². The molecule has 6 heteroatoms. The average molecular weight is 346 g/mol. The molecule has 0 N–H and O–H groups in total. The summed E-state index contributed by atoms with van der Waals surface area (Å²) in [5, 5.41) is 0. The molecule has 1 aromatic heterocycles.